The molecule has 6 nitrogen and oxygen atoms in total. The predicted molar refractivity (Wildman–Crippen MR) is 95.6 cm³/mol. The van der Waals surface area contributed by atoms with Gasteiger partial charge in [-0.1, -0.05) is 11.8 Å². The zero-order valence-corrected chi connectivity index (χ0v) is 15.4. The summed E-state index contributed by atoms with van der Waals surface area (Å²) in [6.07, 6.45) is 0. The van der Waals surface area contributed by atoms with Crippen molar-refractivity contribution in [2.24, 2.45) is 0 Å². The number of aromatic nitrogens is 2. The first kappa shape index (κ1) is 16.8. The van der Waals surface area contributed by atoms with E-state index in [1.54, 1.807) is 24.3 Å². The van der Waals surface area contributed by atoms with Crippen LogP contribution >= 0.6 is 23.1 Å². The molecule has 0 fully saturated rings. The third kappa shape index (κ3) is 2.99. The summed E-state index contributed by atoms with van der Waals surface area (Å²) in [5, 5.41) is 1.53. The number of esters is 1. The third-order valence-electron chi connectivity index (χ3n) is 3.75. The number of nitrogens with zero attached hydrogens (tertiary/aromatic N) is 2. The molecule has 0 aliphatic rings. The molecule has 0 aromatic carbocycles. The highest BCUT2D eigenvalue weighted by atomic mass is 32.2. The molecule has 3 rings (SSSR count). The first-order valence-corrected chi connectivity index (χ1v) is 9.04. The zero-order valence-electron chi connectivity index (χ0n) is 13.8. The van der Waals surface area contributed by atoms with Crippen molar-refractivity contribution in [1.82, 2.24) is 9.97 Å². The largest absolute Gasteiger partial charge is 0.465 e. The highest BCUT2D eigenvalue weighted by molar-refractivity contribution is 7.98. The lowest BCUT2D eigenvalue weighted by Gasteiger charge is -2.02. The fourth-order valence-electron chi connectivity index (χ4n) is 2.39. The van der Waals surface area contributed by atoms with E-state index < -0.39 is 5.97 Å². The van der Waals surface area contributed by atoms with Crippen molar-refractivity contribution in [2.45, 2.75) is 31.7 Å². The Balaban J connectivity index is 1.82. The monoisotopic (exact) mass is 363 g/mol. The van der Waals surface area contributed by atoms with Gasteiger partial charge < -0.3 is 14.9 Å². The number of thioether (sulfide) groups is 1. The second-order valence-corrected chi connectivity index (χ2v) is 7.46. The third-order valence-corrected chi connectivity index (χ3v) is 5.72. The maximum Gasteiger partial charge on any atom is 0.341 e. The molecule has 0 amide bonds. The second-order valence-electron chi connectivity index (χ2n) is 5.32. The quantitative estimate of drug-likeness (QED) is 0.427. The number of hydrogen-bond acceptors (Lipinski definition) is 8. The summed E-state index contributed by atoms with van der Waals surface area (Å²) in [5.41, 5.74) is 7.65. The van der Waals surface area contributed by atoms with Gasteiger partial charge in [0.15, 0.2) is 5.16 Å². The number of carbonyl (C=O) groups is 1. The number of methoxy groups -OCH3 is 1. The molecular weight excluding hydrogens is 346 g/mol. The second kappa shape index (κ2) is 6.45. The lowest BCUT2D eigenvalue weighted by molar-refractivity contribution is 0.0599. The number of thiophene rings is 1. The summed E-state index contributed by atoms with van der Waals surface area (Å²) in [6.45, 7) is 5.81. The molecule has 0 bridgehead atoms. The van der Waals surface area contributed by atoms with Crippen molar-refractivity contribution in [3.8, 4) is 0 Å². The van der Waals surface area contributed by atoms with Gasteiger partial charge in [-0.3, -0.25) is 0 Å². The fraction of sp³-hybridized carbons (Fsp3) is 0.312. The summed E-state index contributed by atoms with van der Waals surface area (Å²) in [7, 11) is 1.35. The first-order chi connectivity index (χ1) is 11.4. The molecule has 8 heteroatoms. The molecule has 3 heterocycles. The number of nitrogen functional groups attached to an aromatic ring is 1. The minimum Gasteiger partial charge on any atom is -0.465 e. The van der Waals surface area contributed by atoms with Crippen LogP contribution < -0.4 is 5.73 Å². The number of hydrogen-bond donors (Lipinski definition) is 1. The van der Waals surface area contributed by atoms with Crippen molar-refractivity contribution in [3.05, 3.63) is 33.6 Å². The molecule has 0 unspecified atom stereocenters. The van der Waals surface area contributed by atoms with E-state index in [9.17, 15) is 4.79 Å². The van der Waals surface area contributed by atoms with Gasteiger partial charge in [0.25, 0.3) is 0 Å². The first-order valence-electron chi connectivity index (χ1n) is 7.24. The minimum atomic E-state index is -0.404. The maximum atomic E-state index is 11.6. The van der Waals surface area contributed by atoms with E-state index in [0.717, 1.165) is 15.8 Å². The topological polar surface area (TPSA) is 91.2 Å². The molecule has 0 atom stereocenters. The Morgan fingerprint density at radius 3 is 2.83 bits per heavy atom. The van der Waals surface area contributed by atoms with Crippen LogP contribution in [0.25, 0.3) is 10.2 Å². The van der Waals surface area contributed by atoms with Crippen molar-refractivity contribution in [3.63, 3.8) is 0 Å². The minimum absolute atomic E-state index is 0.404. The Labute approximate surface area is 147 Å². The number of anilines is 1. The SMILES string of the molecule is COC(=O)c1cc(CSc2nc(N)c3c(C)c(C)sc3n2)oc1C. The molecule has 0 spiro atoms. The highest BCUT2D eigenvalue weighted by Crippen LogP contribution is 2.34. The van der Waals surface area contributed by atoms with Crippen LogP contribution in [0.1, 0.15) is 32.3 Å². The zero-order chi connectivity index (χ0) is 17.4. The molecule has 0 saturated carbocycles. The van der Waals surface area contributed by atoms with Gasteiger partial charge in [0, 0.05) is 4.88 Å². The van der Waals surface area contributed by atoms with Crippen LogP contribution in [0.4, 0.5) is 5.82 Å². The number of rotatable bonds is 4. The van der Waals surface area contributed by atoms with E-state index in [1.165, 1.54) is 23.7 Å². The van der Waals surface area contributed by atoms with Crippen LogP contribution in [0.2, 0.25) is 0 Å². The van der Waals surface area contributed by atoms with E-state index in [1.807, 2.05) is 13.8 Å². The van der Waals surface area contributed by atoms with Crippen LogP contribution in [0.15, 0.2) is 15.6 Å². The summed E-state index contributed by atoms with van der Waals surface area (Å²) < 4.78 is 10.3. The van der Waals surface area contributed by atoms with E-state index in [0.29, 0.717) is 33.8 Å². The van der Waals surface area contributed by atoms with Gasteiger partial charge in [0.05, 0.1) is 18.2 Å². The molecule has 0 saturated heterocycles. The van der Waals surface area contributed by atoms with Crippen molar-refractivity contribution >= 4 is 45.1 Å². The summed E-state index contributed by atoms with van der Waals surface area (Å²) >= 11 is 3.03. The molecule has 0 aliphatic heterocycles. The number of ether oxygens (including phenoxy) is 1. The van der Waals surface area contributed by atoms with Gasteiger partial charge in [-0.2, -0.15) is 0 Å². The molecule has 3 aromatic rings. The predicted octanol–water partition coefficient (Wildman–Crippen LogP) is 3.87. The number of furan rings is 1. The van der Waals surface area contributed by atoms with Crippen LogP contribution in [0.5, 0.6) is 0 Å². The lowest BCUT2D eigenvalue weighted by Crippen LogP contribution is -2.00. The van der Waals surface area contributed by atoms with Crippen LogP contribution in [-0.4, -0.2) is 23.0 Å². The fourth-order valence-corrected chi connectivity index (χ4v) is 4.22. The standard InChI is InChI=1S/C16H17N3O3S2/c1-7-9(3)24-14-12(7)13(17)18-16(19-14)23-6-10-5-11(8(2)22-10)15(20)21-4/h5H,6H2,1-4H3,(H2,17,18,19). The van der Waals surface area contributed by atoms with Gasteiger partial charge in [0.1, 0.15) is 27.7 Å². The highest BCUT2D eigenvalue weighted by Gasteiger charge is 2.17. The Hall–Kier alpha value is -2.06. The van der Waals surface area contributed by atoms with Gasteiger partial charge in [-0.15, -0.1) is 11.3 Å². The van der Waals surface area contributed by atoms with Gasteiger partial charge in [-0.05, 0) is 32.4 Å². The average molecular weight is 363 g/mol. The lowest BCUT2D eigenvalue weighted by atomic mass is 10.2. The van der Waals surface area contributed by atoms with E-state index in [2.05, 4.69) is 9.97 Å². The molecule has 3 aromatic heterocycles. The van der Waals surface area contributed by atoms with Gasteiger partial charge >= 0.3 is 5.97 Å². The van der Waals surface area contributed by atoms with Gasteiger partial charge in [-0.25, -0.2) is 14.8 Å². The van der Waals surface area contributed by atoms with Crippen molar-refractivity contribution in [1.29, 1.82) is 0 Å². The van der Waals surface area contributed by atoms with Crippen LogP contribution in [-0.2, 0) is 10.5 Å². The summed E-state index contributed by atoms with van der Waals surface area (Å²) in [5.74, 6) is 1.80. The summed E-state index contributed by atoms with van der Waals surface area (Å²) in [4.78, 5) is 22.6. The number of aryl methyl sites for hydroxylation is 3. The number of nitrogens with two attached hydrogens (primary N) is 1. The molecule has 0 aliphatic carbocycles. The number of carbonyl (C=O) groups excluding carboxylic acids is 1. The molecule has 24 heavy (non-hydrogen) atoms. The molecule has 0 radical (unpaired) electrons. The Bertz CT molecular complexity index is 930. The molecule has 126 valence electrons. The van der Waals surface area contributed by atoms with E-state index >= 15 is 0 Å². The van der Waals surface area contributed by atoms with Crippen molar-refractivity contribution < 1.29 is 13.9 Å². The maximum absolute atomic E-state index is 11.6. The molecule has 2 N–H and O–H groups in total. The van der Waals surface area contributed by atoms with E-state index in [-0.39, 0.29) is 0 Å². The Kier molecular flexibility index (Phi) is 4.51. The smallest absolute Gasteiger partial charge is 0.341 e. The average Bonchev–Trinajstić information content (AvgIpc) is 3.05. The Morgan fingerprint density at radius 1 is 1.38 bits per heavy atom. The summed E-state index contributed by atoms with van der Waals surface area (Å²) in [6, 6.07) is 1.69. The van der Waals surface area contributed by atoms with Crippen LogP contribution in [0, 0.1) is 20.8 Å². The normalized spacial score (nSPS) is 11.2. The number of fused-ring (bicyclic) bond motifs is 1. The van der Waals surface area contributed by atoms with Gasteiger partial charge in [0.2, 0.25) is 0 Å². The van der Waals surface area contributed by atoms with Crippen LogP contribution in [0.3, 0.4) is 0 Å². The van der Waals surface area contributed by atoms with E-state index in [4.69, 9.17) is 14.9 Å². The Morgan fingerprint density at radius 2 is 2.12 bits per heavy atom. The van der Waals surface area contributed by atoms with Crippen molar-refractivity contribution in [2.75, 3.05) is 12.8 Å². The molecular formula is C16H17N3O3S2.